The van der Waals surface area contributed by atoms with Crippen LogP contribution in [0.4, 0.5) is 0 Å². The molecule has 1 aliphatic heterocycles. The fourth-order valence-electron chi connectivity index (χ4n) is 4.58. The van der Waals surface area contributed by atoms with E-state index in [1.807, 2.05) is 0 Å². The first-order valence-corrected chi connectivity index (χ1v) is 18.0. The molecule has 0 unspecified atom stereocenters. The summed E-state index contributed by atoms with van der Waals surface area (Å²) < 4.78 is 12.7. The van der Waals surface area contributed by atoms with Crippen molar-refractivity contribution in [3.8, 4) is 0 Å². The van der Waals surface area contributed by atoms with Crippen LogP contribution in [-0.4, -0.2) is 62.4 Å². The van der Waals surface area contributed by atoms with Gasteiger partial charge in [-0.3, -0.25) is 9.13 Å². The number of nitrogens with zero attached hydrogens (tertiary/aromatic N) is 6. The highest BCUT2D eigenvalue weighted by Gasteiger charge is 2.65. The van der Waals surface area contributed by atoms with Gasteiger partial charge in [-0.1, -0.05) is 44.1 Å². The molecule has 0 aromatic heterocycles. The Kier molecular flexibility index (Phi) is 6.20. The van der Waals surface area contributed by atoms with Crippen LogP contribution in [0.1, 0.15) is 41.5 Å². The molecule has 0 saturated carbocycles. The van der Waals surface area contributed by atoms with E-state index in [9.17, 15) is 5.53 Å². The van der Waals surface area contributed by atoms with Gasteiger partial charge in [-0.15, -0.1) is 0 Å². The zero-order chi connectivity index (χ0) is 20.1. The Morgan fingerprint density at radius 3 is 1.36 bits per heavy atom. The van der Waals surface area contributed by atoms with Gasteiger partial charge in [0.2, 0.25) is 0 Å². The van der Waals surface area contributed by atoms with Gasteiger partial charge in [0.1, 0.15) is 16.5 Å². The molecule has 0 amide bonds. The summed E-state index contributed by atoms with van der Waals surface area (Å²) in [5, 5.41) is 0. The molecule has 0 aromatic rings. The highest BCUT2D eigenvalue weighted by atomic mass is 28.5. The first-order chi connectivity index (χ1) is 10.9. The molecular weight excluding hydrogens is 360 g/mol. The second kappa shape index (κ2) is 6.78. The highest BCUT2D eigenvalue weighted by Crippen LogP contribution is 2.42. The molecular formula is C16H40N6Si3. The summed E-state index contributed by atoms with van der Waals surface area (Å²) in [7, 11) is -6.19. The van der Waals surface area contributed by atoms with Crippen molar-refractivity contribution in [3.63, 3.8) is 0 Å². The molecule has 6 nitrogen and oxygen atoms in total. The lowest BCUT2D eigenvalue weighted by molar-refractivity contribution is 0.231. The smallest absolute Gasteiger partial charge is 0.340 e. The topological polar surface area (TPSA) is 58.5 Å². The Bertz CT molecular complexity index is 496. The van der Waals surface area contributed by atoms with Gasteiger partial charge in [0.15, 0.2) is 0 Å². The lowest BCUT2D eigenvalue weighted by Crippen LogP contribution is -2.83. The number of azide groups is 1. The van der Waals surface area contributed by atoms with Gasteiger partial charge in [0.05, 0.1) is 0 Å². The molecule has 146 valence electrons. The third-order valence-corrected chi connectivity index (χ3v) is 21.4. The van der Waals surface area contributed by atoms with Crippen molar-refractivity contribution in [2.45, 2.75) is 91.9 Å². The standard InChI is InChI=1S/C16H40N6Si3/c1-15(2,3)20-13-14-21(16(4,5)6)25(20,19-18-17)22(23(7,8)9)24(10,11)12/h13-14H2,1-12H3. The van der Waals surface area contributed by atoms with Crippen molar-refractivity contribution in [1.29, 1.82) is 0 Å². The molecule has 25 heavy (non-hydrogen) atoms. The van der Waals surface area contributed by atoms with Crippen LogP contribution in [0.2, 0.25) is 39.3 Å². The van der Waals surface area contributed by atoms with Crippen LogP contribution < -0.4 is 0 Å². The van der Waals surface area contributed by atoms with E-state index in [2.05, 4.69) is 98.8 Å². The summed E-state index contributed by atoms with van der Waals surface area (Å²) in [6.45, 7) is 30.0. The van der Waals surface area contributed by atoms with E-state index in [4.69, 9.17) is 4.78 Å². The van der Waals surface area contributed by atoms with E-state index in [0.29, 0.717) is 0 Å². The first kappa shape index (κ1) is 22.9. The maximum atomic E-state index is 9.68. The predicted molar refractivity (Wildman–Crippen MR) is 116 cm³/mol. The molecule has 0 aliphatic carbocycles. The van der Waals surface area contributed by atoms with Gasteiger partial charge < -0.3 is 3.90 Å². The van der Waals surface area contributed by atoms with Crippen LogP contribution in [-0.2, 0) is 0 Å². The molecule has 0 N–H and O–H groups in total. The van der Waals surface area contributed by atoms with E-state index in [1.165, 1.54) is 0 Å². The summed E-state index contributed by atoms with van der Waals surface area (Å²) in [6.07, 6.45) is 0. The lowest BCUT2D eigenvalue weighted by atomic mass is 10.1. The van der Waals surface area contributed by atoms with E-state index >= 15 is 0 Å². The fourth-order valence-corrected chi connectivity index (χ4v) is 25.3. The van der Waals surface area contributed by atoms with Crippen LogP contribution in [0.5, 0.6) is 0 Å². The van der Waals surface area contributed by atoms with Gasteiger partial charge in [0.25, 0.3) is 0 Å². The average Bonchev–Trinajstić information content (AvgIpc) is 2.63. The molecule has 0 radical (unpaired) electrons. The van der Waals surface area contributed by atoms with Crippen LogP contribution >= 0.6 is 0 Å². The Morgan fingerprint density at radius 2 is 1.16 bits per heavy atom. The summed E-state index contributed by atoms with van der Waals surface area (Å²) in [5.41, 5.74) is 9.62. The van der Waals surface area contributed by atoms with Gasteiger partial charge in [-0.25, -0.2) is 0 Å². The van der Waals surface area contributed by atoms with E-state index in [-0.39, 0.29) is 11.1 Å². The molecule has 9 heteroatoms. The van der Waals surface area contributed by atoms with E-state index < -0.39 is 25.2 Å². The number of hydrogen-bond acceptors (Lipinski definition) is 4. The van der Waals surface area contributed by atoms with Crippen molar-refractivity contribution >= 4 is 25.2 Å². The Balaban J connectivity index is 3.90. The Labute approximate surface area is 158 Å². The molecule has 1 saturated heterocycles. The zero-order valence-electron chi connectivity index (χ0n) is 18.6. The van der Waals surface area contributed by atoms with Crippen LogP contribution in [0.3, 0.4) is 0 Å². The molecule has 0 atom stereocenters. The summed E-state index contributed by atoms with van der Waals surface area (Å²) in [4.78, 5) is 3.47. The van der Waals surface area contributed by atoms with Gasteiger partial charge in [-0.05, 0) is 47.1 Å². The van der Waals surface area contributed by atoms with Crippen molar-refractivity contribution in [1.82, 2.24) is 13.0 Å². The minimum absolute atomic E-state index is 0.0298. The molecule has 0 aromatic carbocycles. The van der Waals surface area contributed by atoms with Crippen molar-refractivity contribution in [3.05, 3.63) is 10.4 Å². The normalized spacial score (nSPS) is 20.8. The lowest BCUT2D eigenvalue weighted by Gasteiger charge is -2.60. The first-order valence-electron chi connectivity index (χ1n) is 9.32. The highest BCUT2D eigenvalue weighted by molar-refractivity contribution is 7.02. The maximum absolute atomic E-state index is 9.68. The van der Waals surface area contributed by atoms with Gasteiger partial charge >= 0.3 is 8.72 Å². The molecule has 1 heterocycles. The van der Waals surface area contributed by atoms with Crippen LogP contribution in [0.25, 0.3) is 10.4 Å². The monoisotopic (exact) mass is 400 g/mol. The SMILES string of the molecule is CC(C)(C)N1CCN(C(C)(C)C)[Si]1(N=[N+]=[N-])N([Si](C)(C)C)[Si](C)(C)C. The molecule has 1 rings (SSSR count). The third-order valence-electron chi connectivity index (χ3n) is 4.71. The number of rotatable bonds is 4. The van der Waals surface area contributed by atoms with Crippen molar-refractivity contribution in [2.24, 2.45) is 4.78 Å². The Morgan fingerprint density at radius 1 is 0.840 bits per heavy atom. The molecule has 1 fully saturated rings. The fraction of sp³-hybridized carbons (Fsp3) is 1.00. The zero-order valence-corrected chi connectivity index (χ0v) is 21.6. The van der Waals surface area contributed by atoms with Gasteiger partial charge in [0, 0.05) is 29.1 Å². The summed E-state index contributed by atoms with van der Waals surface area (Å²) in [6, 6.07) is 0. The quantitative estimate of drug-likeness (QED) is 0.291. The average molecular weight is 401 g/mol. The Hall–Kier alpha value is -0.159. The largest absolute Gasteiger partial charge is 0.372 e. The predicted octanol–water partition coefficient (Wildman–Crippen LogP) is 4.92. The summed E-state index contributed by atoms with van der Waals surface area (Å²) in [5.74, 6) is 0. The third kappa shape index (κ3) is 4.40. The maximum Gasteiger partial charge on any atom is 0.372 e. The molecule has 0 spiro atoms. The second-order valence-corrected chi connectivity index (χ2v) is 25.0. The number of hydrogen-bond donors (Lipinski definition) is 0. The summed E-state index contributed by atoms with van der Waals surface area (Å²) >= 11 is 0. The molecule has 0 bridgehead atoms. The van der Waals surface area contributed by atoms with E-state index in [0.717, 1.165) is 13.1 Å². The van der Waals surface area contributed by atoms with Gasteiger partial charge in [-0.2, -0.15) is 0 Å². The van der Waals surface area contributed by atoms with Crippen molar-refractivity contribution < 1.29 is 0 Å². The minimum Gasteiger partial charge on any atom is -0.340 e. The van der Waals surface area contributed by atoms with Crippen molar-refractivity contribution in [2.75, 3.05) is 13.1 Å². The second-order valence-electron chi connectivity index (χ2n) is 11.1. The van der Waals surface area contributed by atoms with E-state index in [1.54, 1.807) is 0 Å². The van der Waals surface area contributed by atoms with Crippen LogP contribution in [0, 0.1) is 0 Å². The van der Waals surface area contributed by atoms with Crippen LogP contribution in [0.15, 0.2) is 4.78 Å². The minimum atomic E-state index is -2.73. The molecule has 1 aliphatic rings.